The molecule has 20 heavy (non-hydrogen) atoms. The van der Waals surface area contributed by atoms with Crippen molar-refractivity contribution in [2.75, 3.05) is 27.1 Å². The molecule has 1 aliphatic heterocycles. The van der Waals surface area contributed by atoms with E-state index in [4.69, 9.17) is 0 Å². The van der Waals surface area contributed by atoms with Gasteiger partial charge in [0.1, 0.15) is 0 Å². The summed E-state index contributed by atoms with van der Waals surface area (Å²) in [6.45, 7) is 2.22. The van der Waals surface area contributed by atoms with Crippen LogP contribution in [-0.2, 0) is 20.0 Å². The Morgan fingerprint density at radius 3 is 2.70 bits per heavy atom. The molecule has 0 spiro atoms. The molecule has 0 amide bonds. The van der Waals surface area contributed by atoms with Crippen molar-refractivity contribution >= 4 is 31.4 Å². The van der Waals surface area contributed by atoms with E-state index in [9.17, 15) is 16.8 Å². The minimum absolute atomic E-state index is 0.0409. The lowest BCUT2D eigenvalue weighted by molar-refractivity contribution is 0.598. The SMILES string of the molecule is CCCS(=O)(=O)Nc1cccc(N2CCCS2(=O)=O)c1. The highest BCUT2D eigenvalue weighted by molar-refractivity contribution is 7.93. The van der Waals surface area contributed by atoms with Gasteiger partial charge in [0.05, 0.1) is 22.9 Å². The highest BCUT2D eigenvalue weighted by Crippen LogP contribution is 2.26. The van der Waals surface area contributed by atoms with Crippen LogP contribution in [0.4, 0.5) is 11.4 Å². The predicted octanol–water partition coefficient (Wildman–Crippen LogP) is 1.38. The van der Waals surface area contributed by atoms with E-state index in [1.807, 2.05) is 0 Å². The molecular formula is C12H18N2O4S2. The maximum atomic E-state index is 11.8. The zero-order chi connectivity index (χ0) is 14.8. The number of hydrogen-bond donors (Lipinski definition) is 1. The van der Waals surface area contributed by atoms with Gasteiger partial charge in [-0.2, -0.15) is 0 Å². The monoisotopic (exact) mass is 318 g/mol. The molecule has 1 aromatic rings. The molecule has 1 N–H and O–H groups in total. The predicted molar refractivity (Wildman–Crippen MR) is 79.9 cm³/mol. The van der Waals surface area contributed by atoms with Crippen LogP contribution in [0.5, 0.6) is 0 Å². The molecule has 0 radical (unpaired) electrons. The van der Waals surface area contributed by atoms with Gasteiger partial charge < -0.3 is 0 Å². The topological polar surface area (TPSA) is 83.6 Å². The number of hydrogen-bond acceptors (Lipinski definition) is 4. The molecule has 112 valence electrons. The summed E-state index contributed by atoms with van der Waals surface area (Å²) in [4.78, 5) is 0. The van der Waals surface area contributed by atoms with Crippen LogP contribution < -0.4 is 9.03 Å². The lowest BCUT2D eigenvalue weighted by Gasteiger charge is -2.18. The summed E-state index contributed by atoms with van der Waals surface area (Å²) in [6.07, 6.45) is 1.11. The molecule has 2 rings (SSSR count). The molecule has 1 heterocycles. The van der Waals surface area contributed by atoms with Gasteiger partial charge in [-0.25, -0.2) is 16.8 Å². The quantitative estimate of drug-likeness (QED) is 0.889. The number of benzene rings is 1. The Morgan fingerprint density at radius 1 is 1.35 bits per heavy atom. The van der Waals surface area contributed by atoms with Crippen molar-refractivity contribution in [3.05, 3.63) is 24.3 Å². The Morgan fingerprint density at radius 2 is 2.10 bits per heavy atom. The third-order valence-corrected chi connectivity index (χ3v) is 6.34. The average molecular weight is 318 g/mol. The molecule has 0 atom stereocenters. The molecule has 0 saturated carbocycles. The third kappa shape index (κ3) is 3.43. The first-order valence-electron chi connectivity index (χ1n) is 6.45. The Kier molecular flexibility index (Phi) is 4.24. The number of anilines is 2. The van der Waals surface area contributed by atoms with Gasteiger partial charge in [-0.3, -0.25) is 9.03 Å². The fourth-order valence-electron chi connectivity index (χ4n) is 2.15. The van der Waals surface area contributed by atoms with Crippen LogP contribution >= 0.6 is 0 Å². The first-order chi connectivity index (χ1) is 9.34. The summed E-state index contributed by atoms with van der Waals surface area (Å²) in [7, 11) is -6.63. The molecule has 1 aromatic carbocycles. The first kappa shape index (κ1) is 15.1. The highest BCUT2D eigenvalue weighted by Gasteiger charge is 2.28. The summed E-state index contributed by atoms with van der Waals surface area (Å²) >= 11 is 0. The zero-order valence-corrected chi connectivity index (χ0v) is 12.9. The van der Waals surface area contributed by atoms with Gasteiger partial charge in [0, 0.05) is 6.54 Å². The second-order valence-corrected chi connectivity index (χ2v) is 8.57. The van der Waals surface area contributed by atoms with E-state index >= 15 is 0 Å². The Labute approximate surface area is 119 Å². The van der Waals surface area contributed by atoms with Gasteiger partial charge in [-0.1, -0.05) is 13.0 Å². The zero-order valence-electron chi connectivity index (χ0n) is 11.2. The highest BCUT2D eigenvalue weighted by atomic mass is 32.2. The minimum Gasteiger partial charge on any atom is -0.283 e. The van der Waals surface area contributed by atoms with E-state index in [0.29, 0.717) is 30.8 Å². The van der Waals surface area contributed by atoms with Gasteiger partial charge in [0.2, 0.25) is 20.0 Å². The number of nitrogens with one attached hydrogen (secondary N) is 1. The summed E-state index contributed by atoms with van der Waals surface area (Å²) in [5, 5.41) is 0. The van der Waals surface area contributed by atoms with E-state index < -0.39 is 20.0 Å². The molecule has 0 bridgehead atoms. The normalized spacial score (nSPS) is 18.1. The van der Waals surface area contributed by atoms with Gasteiger partial charge in [-0.15, -0.1) is 0 Å². The van der Waals surface area contributed by atoms with Crippen molar-refractivity contribution in [3.63, 3.8) is 0 Å². The van der Waals surface area contributed by atoms with E-state index in [1.165, 1.54) is 4.31 Å². The van der Waals surface area contributed by atoms with Gasteiger partial charge in [0.15, 0.2) is 0 Å². The molecule has 6 nitrogen and oxygen atoms in total. The van der Waals surface area contributed by atoms with Crippen molar-refractivity contribution in [2.45, 2.75) is 19.8 Å². The molecule has 0 aromatic heterocycles. The second kappa shape index (κ2) is 5.61. The Hall–Kier alpha value is -1.28. The fourth-order valence-corrected chi connectivity index (χ4v) is 4.84. The van der Waals surface area contributed by atoms with E-state index in [0.717, 1.165) is 0 Å². The van der Waals surface area contributed by atoms with Crippen LogP contribution in [0.1, 0.15) is 19.8 Å². The number of nitrogens with zero attached hydrogens (tertiary/aromatic N) is 1. The van der Waals surface area contributed by atoms with Crippen LogP contribution in [0, 0.1) is 0 Å². The number of sulfonamides is 2. The molecule has 8 heteroatoms. The standard InChI is InChI=1S/C12H18N2O4S2/c1-2-8-19(15,16)13-11-5-3-6-12(10-11)14-7-4-9-20(14,17)18/h3,5-6,10,13H,2,4,7-9H2,1H3. The van der Waals surface area contributed by atoms with Crippen molar-refractivity contribution in [3.8, 4) is 0 Å². The van der Waals surface area contributed by atoms with Crippen LogP contribution in [0.2, 0.25) is 0 Å². The van der Waals surface area contributed by atoms with Crippen LogP contribution in [0.15, 0.2) is 24.3 Å². The summed E-state index contributed by atoms with van der Waals surface area (Å²) < 4.78 is 50.9. The second-order valence-electron chi connectivity index (χ2n) is 4.71. The summed E-state index contributed by atoms with van der Waals surface area (Å²) in [5.74, 6) is 0.179. The molecule has 0 aliphatic carbocycles. The molecule has 1 aliphatic rings. The van der Waals surface area contributed by atoms with Gasteiger partial charge >= 0.3 is 0 Å². The summed E-state index contributed by atoms with van der Waals surface area (Å²) in [6, 6.07) is 6.48. The van der Waals surface area contributed by atoms with Crippen molar-refractivity contribution < 1.29 is 16.8 Å². The minimum atomic E-state index is -3.37. The van der Waals surface area contributed by atoms with Gasteiger partial charge in [-0.05, 0) is 31.0 Å². The number of rotatable bonds is 5. The average Bonchev–Trinajstić information content (AvgIpc) is 2.68. The Balaban J connectivity index is 2.25. The lowest BCUT2D eigenvalue weighted by Crippen LogP contribution is -2.25. The van der Waals surface area contributed by atoms with E-state index in [2.05, 4.69) is 4.72 Å². The smallest absolute Gasteiger partial charge is 0.235 e. The van der Waals surface area contributed by atoms with Crippen molar-refractivity contribution in [2.24, 2.45) is 0 Å². The van der Waals surface area contributed by atoms with E-state index in [1.54, 1.807) is 31.2 Å². The first-order valence-corrected chi connectivity index (χ1v) is 9.71. The van der Waals surface area contributed by atoms with Gasteiger partial charge in [0.25, 0.3) is 0 Å². The van der Waals surface area contributed by atoms with Crippen LogP contribution in [0.3, 0.4) is 0 Å². The largest absolute Gasteiger partial charge is 0.283 e. The van der Waals surface area contributed by atoms with E-state index in [-0.39, 0.29) is 11.5 Å². The molecule has 0 unspecified atom stereocenters. The maximum Gasteiger partial charge on any atom is 0.235 e. The molecule has 1 saturated heterocycles. The summed E-state index contributed by atoms with van der Waals surface area (Å²) in [5.41, 5.74) is 0.886. The fraction of sp³-hybridized carbons (Fsp3) is 0.500. The van der Waals surface area contributed by atoms with Crippen molar-refractivity contribution in [1.29, 1.82) is 0 Å². The molecular weight excluding hydrogens is 300 g/mol. The maximum absolute atomic E-state index is 11.8. The lowest BCUT2D eigenvalue weighted by atomic mass is 10.3. The molecule has 1 fully saturated rings. The Bertz CT molecular complexity index is 683. The van der Waals surface area contributed by atoms with Crippen LogP contribution in [-0.4, -0.2) is 34.9 Å². The van der Waals surface area contributed by atoms with Crippen molar-refractivity contribution in [1.82, 2.24) is 0 Å². The van der Waals surface area contributed by atoms with Crippen LogP contribution in [0.25, 0.3) is 0 Å². The third-order valence-electron chi connectivity index (χ3n) is 2.98.